The molecule has 0 bridgehead atoms. The topological polar surface area (TPSA) is 67.4 Å². The van der Waals surface area contributed by atoms with Gasteiger partial charge in [-0.3, -0.25) is 4.79 Å². The van der Waals surface area contributed by atoms with Crippen LogP contribution < -0.4 is 15.0 Å². The van der Waals surface area contributed by atoms with Gasteiger partial charge in [0, 0.05) is 24.2 Å². The smallest absolute Gasteiger partial charge is 0.318 e. The Labute approximate surface area is 141 Å². The van der Waals surface area contributed by atoms with Crippen LogP contribution in [-0.4, -0.2) is 36.1 Å². The summed E-state index contributed by atoms with van der Waals surface area (Å²) < 4.78 is 5.27. The Balaban J connectivity index is 2.04. The van der Waals surface area contributed by atoms with E-state index in [1.165, 1.54) is 12.5 Å². The first-order valence-electron chi connectivity index (χ1n) is 8.15. The number of hydrogen-bond acceptors (Lipinski definition) is 5. The third kappa shape index (κ3) is 3.32. The second kappa shape index (κ2) is 6.86. The van der Waals surface area contributed by atoms with Crippen LogP contribution in [0.15, 0.2) is 30.9 Å². The molecule has 0 spiro atoms. The molecule has 2 aromatic rings. The minimum absolute atomic E-state index is 0.250. The van der Waals surface area contributed by atoms with Crippen molar-refractivity contribution in [3.63, 3.8) is 0 Å². The predicted molar refractivity (Wildman–Crippen MR) is 95.5 cm³/mol. The molecule has 1 aliphatic rings. The number of rotatable bonds is 4. The normalized spacial score (nSPS) is 17.6. The lowest BCUT2D eigenvalue weighted by Crippen LogP contribution is -2.35. The van der Waals surface area contributed by atoms with E-state index < -0.39 is 0 Å². The van der Waals surface area contributed by atoms with E-state index in [1.807, 2.05) is 18.2 Å². The summed E-state index contributed by atoms with van der Waals surface area (Å²) in [5.41, 5.74) is 1.42. The molecule has 1 aliphatic heterocycles. The number of carbonyl (C=O) groups is 1. The molecule has 1 saturated heterocycles. The summed E-state index contributed by atoms with van der Waals surface area (Å²) in [6, 6.07) is 5.97. The lowest BCUT2D eigenvalue weighted by molar-refractivity contribution is -0.111. The van der Waals surface area contributed by atoms with Gasteiger partial charge in [-0.1, -0.05) is 13.5 Å². The van der Waals surface area contributed by atoms with Gasteiger partial charge in [0.2, 0.25) is 5.91 Å². The quantitative estimate of drug-likeness (QED) is 0.875. The molecule has 126 valence electrons. The minimum atomic E-state index is -0.250. The van der Waals surface area contributed by atoms with Crippen LogP contribution in [0.25, 0.3) is 10.9 Å². The molecule has 24 heavy (non-hydrogen) atoms. The molecule has 2 heterocycles. The van der Waals surface area contributed by atoms with Crippen LogP contribution >= 0.6 is 0 Å². The van der Waals surface area contributed by atoms with Crippen LogP contribution in [0.1, 0.15) is 19.8 Å². The zero-order chi connectivity index (χ0) is 17.1. The number of carbonyl (C=O) groups excluding carboxylic acids is 1. The van der Waals surface area contributed by atoms with Crippen molar-refractivity contribution < 1.29 is 9.53 Å². The Morgan fingerprint density at radius 2 is 2.29 bits per heavy atom. The van der Waals surface area contributed by atoms with Crippen LogP contribution in [0, 0.1) is 5.92 Å². The highest BCUT2D eigenvalue weighted by Gasteiger charge is 2.21. The van der Waals surface area contributed by atoms with Gasteiger partial charge in [-0.2, -0.15) is 9.97 Å². The first-order chi connectivity index (χ1) is 11.6. The molecule has 3 rings (SSSR count). The Kier molecular flexibility index (Phi) is 4.64. The van der Waals surface area contributed by atoms with E-state index in [0.29, 0.717) is 17.6 Å². The number of anilines is 2. The van der Waals surface area contributed by atoms with Gasteiger partial charge in [-0.25, -0.2) is 0 Å². The van der Waals surface area contributed by atoms with E-state index in [-0.39, 0.29) is 5.91 Å². The van der Waals surface area contributed by atoms with E-state index in [2.05, 4.69) is 33.7 Å². The molecule has 1 fully saturated rings. The van der Waals surface area contributed by atoms with Crippen molar-refractivity contribution in [2.45, 2.75) is 19.8 Å². The molecule has 0 saturated carbocycles. The van der Waals surface area contributed by atoms with E-state index >= 15 is 0 Å². The molecule has 1 atom stereocenters. The highest BCUT2D eigenvalue weighted by atomic mass is 16.5. The second-order valence-corrected chi connectivity index (χ2v) is 6.15. The number of nitrogens with one attached hydrogen (secondary N) is 1. The van der Waals surface area contributed by atoms with Crippen LogP contribution in [-0.2, 0) is 4.79 Å². The summed E-state index contributed by atoms with van der Waals surface area (Å²) in [5.74, 6) is 1.28. The highest BCUT2D eigenvalue weighted by Crippen LogP contribution is 2.31. The highest BCUT2D eigenvalue weighted by molar-refractivity contribution is 6.01. The number of fused-ring (bicyclic) bond motifs is 1. The summed E-state index contributed by atoms with van der Waals surface area (Å²) in [6.07, 6.45) is 3.64. The Morgan fingerprint density at radius 3 is 3.00 bits per heavy atom. The summed E-state index contributed by atoms with van der Waals surface area (Å²) in [4.78, 5) is 22.8. The number of nitrogens with zero attached hydrogens (tertiary/aromatic N) is 3. The Morgan fingerprint density at radius 1 is 1.46 bits per heavy atom. The van der Waals surface area contributed by atoms with Crippen molar-refractivity contribution in [2.24, 2.45) is 5.92 Å². The number of benzene rings is 1. The fourth-order valence-corrected chi connectivity index (χ4v) is 3.08. The van der Waals surface area contributed by atoms with E-state index in [0.717, 1.165) is 36.2 Å². The molecule has 6 heteroatoms. The third-order valence-electron chi connectivity index (χ3n) is 4.25. The standard InChI is InChI=1S/C18H22N4O2/c1-4-16(23)19-13-7-8-14-15(10-13)20-18(24-3)21-17(14)22-9-5-6-12(2)11-22/h4,7-8,10,12H,1,5-6,9,11H2,2-3H3,(H,19,23). The molecule has 1 N–H and O–H groups in total. The van der Waals surface area contributed by atoms with Crippen LogP contribution in [0.5, 0.6) is 6.01 Å². The van der Waals surface area contributed by atoms with E-state index in [1.54, 1.807) is 7.11 Å². The zero-order valence-corrected chi connectivity index (χ0v) is 14.1. The molecular weight excluding hydrogens is 304 g/mol. The van der Waals surface area contributed by atoms with Crippen LogP contribution in [0.3, 0.4) is 0 Å². The lowest BCUT2D eigenvalue weighted by Gasteiger charge is -2.32. The largest absolute Gasteiger partial charge is 0.467 e. The molecule has 1 amide bonds. The lowest BCUT2D eigenvalue weighted by atomic mass is 10.00. The summed E-state index contributed by atoms with van der Waals surface area (Å²) >= 11 is 0. The molecule has 6 nitrogen and oxygen atoms in total. The SMILES string of the molecule is C=CC(=O)Nc1ccc2c(N3CCCC(C)C3)nc(OC)nc2c1. The molecule has 1 aromatic carbocycles. The van der Waals surface area contributed by atoms with Crippen LogP contribution in [0.2, 0.25) is 0 Å². The van der Waals surface area contributed by atoms with E-state index in [4.69, 9.17) is 4.74 Å². The first kappa shape index (κ1) is 16.2. The average molecular weight is 326 g/mol. The summed E-state index contributed by atoms with van der Waals surface area (Å²) in [5, 5.41) is 3.72. The third-order valence-corrected chi connectivity index (χ3v) is 4.25. The van der Waals surface area contributed by atoms with Crippen molar-refractivity contribution >= 4 is 28.3 Å². The maximum atomic E-state index is 11.5. The van der Waals surface area contributed by atoms with Gasteiger partial charge in [-0.05, 0) is 43.0 Å². The number of hydrogen-bond donors (Lipinski definition) is 1. The Bertz CT molecular complexity index is 775. The van der Waals surface area contributed by atoms with Crippen molar-refractivity contribution in [1.29, 1.82) is 0 Å². The van der Waals surface area contributed by atoms with Gasteiger partial charge in [0.1, 0.15) is 5.82 Å². The Hall–Kier alpha value is -2.63. The molecular formula is C18H22N4O2. The number of amides is 1. The fourth-order valence-electron chi connectivity index (χ4n) is 3.08. The van der Waals surface area contributed by atoms with Gasteiger partial charge in [0.05, 0.1) is 12.6 Å². The maximum absolute atomic E-state index is 11.5. The van der Waals surface area contributed by atoms with E-state index in [9.17, 15) is 4.79 Å². The number of piperidine rings is 1. The molecule has 0 aliphatic carbocycles. The van der Waals surface area contributed by atoms with Gasteiger partial charge in [0.15, 0.2) is 0 Å². The summed E-state index contributed by atoms with van der Waals surface area (Å²) in [6.45, 7) is 7.68. The number of methoxy groups -OCH3 is 1. The molecule has 1 aromatic heterocycles. The zero-order valence-electron chi connectivity index (χ0n) is 14.1. The number of aromatic nitrogens is 2. The van der Waals surface area contributed by atoms with Gasteiger partial charge in [0.25, 0.3) is 0 Å². The van der Waals surface area contributed by atoms with Crippen molar-refractivity contribution in [3.8, 4) is 6.01 Å². The molecule has 1 unspecified atom stereocenters. The first-order valence-corrected chi connectivity index (χ1v) is 8.15. The van der Waals surface area contributed by atoms with Gasteiger partial charge < -0.3 is 15.0 Å². The minimum Gasteiger partial charge on any atom is -0.467 e. The second-order valence-electron chi connectivity index (χ2n) is 6.15. The average Bonchev–Trinajstić information content (AvgIpc) is 2.60. The van der Waals surface area contributed by atoms with Gasteiger partial charge >= 0.3 is 6.01 Å². The number of ether oxygens (including phenoxy) is 1. The predicted octanol–water partition coefficient (Wildman–Crippen LogP) is 3.00. The van der Waals surface area contributed by atoms with Crippen molar-refractivity contribution in [2.75, 3.05) is 30.4 Å². The van der Waals surface area contributed by atoms with Crippen molar-refractivity contribution in [3.05, 3.63) is 30.9 Å². The molecule has 0 radical (unpaired) electrons. The fraction of sp³-hybridized carbons (Fsp3) is 0.389. The van der Waals surface area contributed by atoms with Crippen molar-refractivity contribution in [1.82, 2.24) is 9.97 Å². The maximum Gasteiger partial charge on any atom is 0.318 e. The summed E-state index contributed by atoms with van der Waals surface area (Å²) in [7, 11) is 1.56. The van der Waals surface area contributed by atoms with Crippen LogP contribution in [0.4, 0.5) is 11.5 Å². The monoisotopic (exact) mass is 326 g/mol. The van der Waals surface area contributed by atoms with Gasteiger partial charge in [-0.15, -0.1) is 0 Å².